The molecule has 26 heavy (non-hydrogen) atoms. The minimum atomic E-state index is -3.54. The van der Waals surface area contributed by atoms with Gasteiger partial charge in [-0.3, -0.25) is 4.79 Å². The second kappa shape index (κ2) is 8.69. The summed E-state index contributed by atoms with van der Waals surface area (Å²) >= 11 is 0. The zero-order valence-electron chi connectivity index (χ0n) is 15.3. The van der Waals surface area contributed by atoms with E-state index in [9.17, 15) is 13.2 Å². The lowest BCUT2D eigenvalue weighted by Crippen LogP contribution is -2.42. The van der Waals surface area contributed by atoms with Crippen molar-refractivity contribution in [2.24, 2.45) is 0 Å². The van der Waals surface area contributed by atoms with Gasteiger partial charge in [-0.15, -0.1) is 12.4 Å². The van der Waals surface area contributed by atoms with E-state index in [0.29, 0.717) is 11.6 Å². The first-order valence-electron chi connectivity index (χ1n) is 9.08. The van der Waals surface area contributed by atoms with Gasteiger partial charge in [-0.05, 0) is 63.4 Å². The van der Waals surface area contributed by atoms with E-state index in [1.165, 1.54) is 12.1 Å². The number of nitrogens with one attached hydrogen (secondary N) is 2. The second-order valence-electron chi connectivity index (χ2n) is 7.05. The Morgan fingerprint density at radius 2 is 1.88 bits per heavy atom. The summed E-state index contributed by atoms with van der Waals surface area (Å²) in [5, 5.41) is 3.39. The predicted octanol–water partition coefficient (Wildman–Crippen LogP) is 2.15. The Kier molecular flexibility index (Phi) is 7.07. The van der Waals surface area contributed by atoms with Crippen molar-refractivity contribution >= 4 is 28.3 Å². The van der Waals surface area contributed by atoms with Crippen LogP contribution in [-0.2, 0) is 10.0 Å². The first-order chi connectivity index (χ1) is 11.9. The van der Waals surface area contributed by atoms with Gasteiger partial charge in [-0.1, -0.05) is 6.92 Å². The largest absolute Gasteiger partial charge is 0.331 e. The van der Waals surface area contributed by atoms with E-state index in [0.717, 1.165) is 38.8 Å². The molecule has 0 aromatic heterocycles. The van der Waals surface area contributed by atoms with Crippen LogP contribution >= 0.6 is 12.4 Å². The summed E-state index contributed by atoms with van der Waals surface area (Å²) in [6, 6.07) is 6.73. The van der Waals surface area contributed by atoms with E-state index < -0.39 is 10.0 Å². The van der Waals surface area contributed by atoms with Gasteiger partial charge in [0, 0.05) is 30.2 Å². The molecule has 1 amide bonds. The highest BCUT2D eigenvalue weighted by atomic mass is 35.5. The molecular formula is C18H28ClN3O3S. The molecule has 2 fully saturated rings. The fourth-order valence-electron chi connectivity index (χ4n) is 3.66. The lowest BCUT2D eigenvalue weighted by atomic mass is 10.1. The number of hydrogen-bond donors (Lipinski definition) is 2. The van der Waals surface area contributed by atoms with Gasteiger partial charge in [0.15, 0.2) is 0 Å². The molecule has 2 heterocycles. The van der Waals surface area contributed by atoms with Crippen molar-refractivity contribution in [3.05, 3.63) is 29.8 Å². The van der Waals surface area contributed by atoms with E-state index in [1.54, 1.807) is 12.1 Å². The third-order valence-electron chi connectivity index (χ3n) is 5.27. The summed E-state index contributed by atoms with van der Waals surface area (Å²) in [7, 11) is -3.54. The molecule has 0 radical (unpaired) electrons. The van der Waals surface area contributed by atoms with Crippen LogP contribution in [0.5, 0.6) is 0 Å². The monoisotopic (exact) mass is 401 g/mol. The first-order valence-corrected chi connectivity index (χ1v) is 10.6. The fraction of sp³-hybridized carbons (Fsp3) is 0.611. The van der Waals surface area contributed by atoms with Gasteiger partial charge in [0.05, 0.1) is 4.90 Å². The lowest BCUT2D eigenvalue weighted by Gasteiger charge is -2.28. The van der Waals surface area contributed by atoms with Gasteiger partial charge in [-0.25, -0.2) is 13.1 Å². The van der Waals surface area contributed by atoms with Crippen molar-refractivity contribution in [1.29, 1.82) is 0 Å². The Balaban J connectivity index is 0.00000243. The van der Waals surface area contributed by atoms with Gasteiger partial charge in [0.2, 0.25) is 10.0 Å². The fourth-order valence-corrected chi connectivity index (χ4v) is 4.98. The molecule has 2 N–H and O–H groups in total. The summed E-state index contributed by atoms with van der Waals surface area (Å²) in [4.78, 5) is 15.1. The van der Waals surface area contributed by atoms with Crippen molar-refractivity contribution in [1.82, 2.24) is 14.9 Å². The molecule has 2 saturated heterocycles. The molecule has 1 aromatic rings. The van der Waals surface area contributed by atoms with Gasteiger partial charge in [0.25, 0.3) is 5.91 Å². The minimum Gasteiger partial charge on any atom is -0.331 e. The van der Waals surface area contributed by atoms with Crippen molar-refractivity contribution in [2.45, 2.75) is 62.6 Å². The Labute approximate surface area is 162 Å². The lowest BCUT2D eigenvalue weighted by molar-refractivity contribution is 0.0680. The number of carbonyl (C=O) groups excluding carboxylic acids is 1. The first kappa shape index (κ1) is 21.2. The Morgan fingerprint density at radius 3 is 2.54 bits per heavy atom. The zero-order valence-corrected chi connectivity index (χ0v) is 16.9. The van der Waals surface area contributed by atoms with E-state index in [-0.39, 0.29) is 35.3 Å². The summed E-state index contributed by atoms with van der Waals surface area (Å²) in [6.45, 7) is 5.55. The molecule has 3 rings (SSSR count). The third-order valence-corrected chi connectivity index (χ3v) is 6.87. The quantitative estimate of drug-likeness (QED) is 0.792. The summed E-state index contributed by atoms with van der Waals surface area (Å²) in [6.07, 6.45) is 3.80. The normalized spacial score (nSPS) is 23.8. The summed E-state index contributed by atoms with van der Waals surface area (Å²) < 4.78 is 27.3. The topological polar surface area (TPSA) is 78.5 Å². The Bertz CT molecular complexity index is 710. The molecule has 146 valence electrons. The van der Waals surface area contributed by atoms with Crippen molar-refractivity contribution < 1.29 is 13.2 Å². The van der Waals surface area contributed by atoms with Crippen LogP contribution in [0.3, 0.4) is 0 Å². The van der Waals surface area contributed by atoms with E-state index in [4.69, 9.17) is 0 Å². The predicted molar refractivity (Wildman–Crippen MR) is 104 cm³/mol. The molecular weight excluding hydrogens is 374 g/mol. The van der Waals surface area contributed by atoms with Crippen molar-refractivity contribution in [3.63, 3.8) is 0 Å². The molecule has 3 atom stereocenters. The summed E-state index contributed by atoms with van der Waals surface area (Å²) in [5.41, 5.74) is 0.557. The van der Waals surface area contributed by atoms with Gasteiger partial charge < -0.3 is 10.2 Å². The number of amides is 1. The number of nitrogens with zero attached hydrogens (tertiary/aromatic N) is 1. The highest BCUT2D eigenvalue weighted by Crippen LogP contribution is 2.29. The smallest absolute Gasteiger partial charge is 0.254 e. The molecule has 0 aliphatic carbocycles. The number of halogens is 1. The summed E-state index contributed by atoms with van der Waals surface area (Å²) in [5.74, 6) is 0.00929. The molecule has 0 saturated carbocycles. The maximum Gasteiger partial charge on any atom is 0.254 e. The number of fused-ring (bicyclic) bond motifs is 2. The molecule has 6 nitrogen and oxygen atoms in total. The maximum atomic E-state index is 12.9. The number of benzene rings is 1. The van der Waals surface area contributed by atoms with Crippen LogP contribution in [0.1, 0.15) is 49.9 Å². The van der Waals surface area contributed by atoms with Crippen LogP contribution in [0.2, 0.25) is 0 Å². The van der Waals surface area contributed by atoms with E-state index in [1.807, 2.05) is 18.7 Å². The molecule has 0 spiro atoms. The Hall–Kier alpha value is -1.15. The average Bonchev–Trinajstić information content (AvgIpc) is 2.86. The molecule has 2 aliphatic heterocycles. The number of carbonyl (C=O) groups is 1. The third kappa shape index (κ3) is 4.39. The van der Waals surface area contributed by atoms with Gasteiger partial charge in [-0.2, -0.15) is 0 Å². The Morgan fingerprint density at radius 1 is 1.23 bits per heavy atom. The average molecular weight is 402 g/mol. The number of hydrogen-bond acceptors (Lipinski definition) is 4. The van der Waals surface area contributed by atoms with Crippen LogP contribution in [0, 0.1) is 0 Å². The van der Waals surface area contributed by atoms with Gasteiger partial charge >= 0.3 is 0 Å². The van der Waals surface area contributed by atoms with Crippen LogP contribution < -0.4 is 10.0 Å². The van der Waals surface area contributed by atoms with Gasteiger partial charge in [0.1, 0.15) is 0 Å². The SMILES string of the molecule is CCC(C)NS(=O)(=O)c1ccc(C(=O)N2C3CCNCC2CC3)cc1.Cl. The van der Waals surface area contributed by atoms with E-state index >= 15 is 0 Å². The van der Waals surface area contributed by atoms with Crippen LogP contribution in [-0.4, -0.2) is 50.4 Å². The van der Waals surface area contributed by atoms with Crippen LogP contribution in [0.25, 0.3) is 0 Å². The van der Waals surface area contributed by atoms with Crippen LogP contribution in [0.15, 0.2) is 29.2 Å². The molecule has 8 heteroatoms. The number of sulfonamides is 1. The van der Waals surface area contributed by atoms with Crippen molar-refractivity contribution in [2.75, 3.05) is 13.1 Å². The molecule has 2 aliphatic rings. The zero-order chi connectivity index (χ0) is 18.0. The standard InChI is InChI=1S/C18H27N3O3S.ClH/c1-3-13(2)20-25(23,24)17-8-4-14(5-9-17)18(22)21-15-6-7-16(21)12-19-11-10-15;/h4-5,8-9,13,15-16,19-20H,3,6-7,10-12H2,1-2H3;1H. The molecule has 2 bridgehead atoms. The molecule has 3 unspecified atom stereocenters. The second-order valence-corrected chi connectivity index (χ2v) is 8.76. The maximum absolute atomic E-state index is 12.9. The van der Waals surface area contributed by atoms with Crippen molar-refractivity contribution in [3.8, 4) is 0 Å². The molecule has 1 aromatic carbocycles. The highest BCUT2D eigenvalue weighted by molar-refractivity contribution is 7.89. The minimum absolute atomic E-state index is 0. The van der Waals surface area contributed by atoms with Crippen LogP contribution in [0.4, 0.5) is 0 Å². The highest BCUT2D eigenvalue weighted by Gasteiger charge is 2.38. The van der Waals surface area contributed by atoms with E-state index in [2.05, 4.69) is 10.0 Å². The number of rotatable bonds is 5.